The predicted molar refractivity (Wildman–Crippen MR) is 100 cm³/mol. The summed E-state index contributed by atoms with van der Waals surface area (Å²) in [5.74, 6) is 1.06. The molecule has 1 N–H and O–H groups in total. The molecular formula is C21H37NO4. The Morgan fingerprint density at radius 2 is 2.00 bits per heavy atom. The Balaban J connectivity index is 1.76. The zero-order chi connectivity index (χ0) is 19.3. The van der Waals surface area contributed by atoms with E-state index < -0.39 is 5.60 Å². The molecule has 0 amide bonds. The van der Waals surface area contributed by atoms with Gasteiger partial charge in [0.05, 0.1) is 24.9 Å². The van der Waals surface area contributed by atoms with Crippen molar-refractivity contribution in [3.63, 3.8) is 0 Å². The van der Waals surface area contributed by atoms with E-state index in [4.69, 9.17) is 9.57 Å². The Hall–Kier alpha value is -0.650. The molecule has 150 valence electrons. The van der Waals surface area contributed by atoms with Gasteiger partial charge in [0.2, 0.25) is 0 Å². The highest BCUT2D eigenvalue weighted by Gasteiger charge is 2.55. The number of nitrogens with zero attached hydrogens (tertiary/aromatic N) is 1. The molecule has 3 aliphatic rings. The van der Waals surface area contributed by atoms with Gasteiger partial charge in [0.25, 0.3) is 0 Å². The van der Waals surface area contributed by atoms with Crippen molar-refractivity contribution < 1.29 is 19.5 Å². The molecule has 0 aromatic carbocycles. The van der Waals surface area contributed by atoms with Crippen molar-refractivity contribution in [2.45, 2.75) is 84.0 Å². The first kappa shape index (κ1) is 20.1. The molecule has 1 saturated heterocycles. The Morgan fingerprint density at radius 3 is 2.65 bits per heavy atom. The number of fused-ring (bicyclic) bond motifs is 1. The lowest BCUT2D eigenvalue weighted by Crippen LogP contribution is -2.44. The second kappa shape index (κ2) is 7.06. The molecule has 3 fully saturated rings. The molecule has 26 heavy (non-hydrogen) atoms. The number of ether oxygens (including phenoxy) is 1. The second-order valence-corrected chi connectivity index (χ2v) is 9.78. The van der Waals surface area contributed by atoms with E-state index in [1.54, 1.807) is 0 Å². The summed E-state index contributed by atoms with van der Waals surface area (Å²) in [6, 6.07) is 0.0311. The molecule has 1 aliphatic heterocycles. The minimum absolute atomic E-state index is 0.0311. The first-order valence-corrected chi connectivity index (χ1v) is 10.3. The average Bonchev–Trinajstić information content (AvgIpc) is 3.01. The molecule has 5 heteroatoms. The molecule has 3 rings (SSSR count). The van der Waals surface area contributed by atoms with Gasteiger partial charge < -0.3 is 9.84 Å². The summed E-state index contributed by atoms with van der Waals surface area (Å²) < 4.78 is 5.10. The summed E-state index contributed by atoms with van der Waals surface area (Å²) >= 11 is 0. The van der Waals surface area contributed by atoms with E-state index in [9.17, 15) is 9.90 Å². The molecule has 0 aromatic heterocycles. The molecule has 0 bridgehead atoms. The number of carbonyl (C=O) groups excluding carboxylic acids is 1. The van der Waals surface area contributed by atoms with Crippen LogP contribution in [-0.2, 0) is 14.4 Å². The van der Waals surface area contributed by atoms with E-state index in [1.165, 1.54) is 20.0 Å². The minimum atomic E-state index is -0.546. The largest absolute Gasteiger partial charge is 0.469 e. The Bertz CT molecular complexity index is 536. The molecule has 0 aromatic rings. The third kappa shape index (κ3) is 3.20. The summed E-state index contributed by atoms with van der Waals surface area (Å²) in [5.41, 5.74) is -0.319. The normalized spacial score (nSPS) is 43.9. The molecule has 1 heterocycles. The van der Waals surface area contributed by atoms with Gasteiger partial charge >= 0.3 is 5.97 Å². The Morgan fingerprint density at radius 1 is 1.31 bits per heavy atom. The predicted octanol–water partition coefficient (Wildman–Crippen LogP) is 3.40. The van der Waals surface area contributed by atoms with Crippen molar-refractivity contribution >= 4 is 5.97 Å². The highest BCUT2D eigenvalue weighted by Crippen LogP contribution is 2.58. The lowest BCUT2D eigenvalue weighted by Gasteiger charge is -2.45. The number of aliphatic hydroxyl groups excluding tert-OH is 1. The van der Waals surface area contributed by atoms with Crippen molar-refractivity contribution in [1.82, 2.24) is 5.06 Å². The van der Waals surface area contributed by atoms with Crippen molar-refractivity contribution in [1.29, 1.82) is 0 Å². The van der Waals surface area contributed by atoms with Crippen LogP contribution in [0.25, 0.3) is 0 Å². The number of hydrogen-bond donors (Lipinski definition) is 1. The summed E-state index contributed by atoms with van der Waals surface area (Å²) in [6.07, 6.45) is 6.40. The molecule has 2 saturated carbocycles. The van der Waals surface area contributed by atoms with E-state index >= 15 is 0 Å². The van der Waals surface area contributed by atoms with Gasteiger partial charge in [-0.05, 0) is 69.1 Å². The van der Waals surface area contributed by atoms with Crippen molar-refractivity contribution in [2.24, 2.45) is 29.1 Å². The quantitative estimate of drug-likeness (QED) is 0.772. The van der Waals surface area contributed by atoms with E-state index in [0.717, 1.165) is 25.7 Å². The monoisotopic (exact) mass is 367 g/mol. The first-order chi connectivity index (χ1) is 12.1. The number of esters is 1. The maximum atomic E-state index is 12.5. The van der Waals surface area contributed by atoms with Crippen LogP contribution in [0.1, 0.15) is 66.2 Å². The maximum Gasteiger partial charge on any atom is 0.313 e. The summed E-state index contributed by atoms with van der Waals surface area (Å²) in [7, 11) is 3.40. The van der Waals surface area contributed by atoms with E-state index in [-0.39, 0.29) is 29.4 Å². The highest BCUT2D eigenvalue weighted by molar-refractivity contribution is 5.75. The first-order valence-electron chi connectivity index (χ1n) is 10.3. The molecule has 5 nitrogen and oxygen atoms in total. The number of aliphatic hydroxyl groups is 1. The van der Waals surface area contributed by atoms with Gasteiger partial charge in [-0.25, -0.2) is 0 Å². The molecular weight excluding hydrogens is 330 g/mol. The molecule has 2 aliphatic carbocycles. The van der Waals surface area contributed by atoms with Crippen LogP contribution in [0.3, 0.4) is 0 Å². The Labute approximate surface area is 158 Å². The van der Waals surface area contributed by atoms with Crippen LogP contribution in [0.2, 0.25) is 0 Å². The molecule has 0 radical (unpaired) electrons. The fourth-order valence-corrected chi connectivity index (χ4v) is 6.69. The standard InChI is InChI=1S/C21H37NO4/c1-13(14-9-10-15-17(23)8-7-11-21(14,15)4)12-16-18(19(24)25-6)20(2,3)26-22(16)5/h13-18,23H,7-12H2,1-6H3/t13-,14-,15?,16-,17+,18+,21-/m0/s1. The molecule has 0 spiro atoms. The van der Waals surface area contributed by atoms with Gasteiger partial charge in [0.15, 0.2) is 0 Å². The van der Waals surface area contributed by atoms with Crippen molar-refractivity contribution in [3.8, 4) is 0 Å². The van der Waals surface area contributed by atoms with Gasteiger partial charge in [-0.1, -0.05) is 20.3 Å². The second-order valence-electron chi connectivity index (χ2n) is 9.78. The van der Waals surface area contributed by atoms with Crippen LogP contribution in [0.4, 0.5) is 0 Å². The van der Waals surface area contributed by atoms with Crippen LogP contribution in [-0.4, -0.2) is 48.0 Å². The summed E-state index contributed by atoms with van der Waals surface area (Å²) in [6.45, 7) is 8.66. The van der Waals surface area contributed by atoms with Crippen LogP contribution in [0, 0.1) is 29.1 Å². The van der Waals surface area contributed by atoms with Crippen LogP contribution >= 0.6 is 0 Å². The average molecular weight is 368 g/mol. The van der Waals surface area contributed by atoms with E-state index in [2.05, 4.69) is 13.8 Å². The van der Waals surface area contributed by atoms with Crippen LogP contribution in [0.5, 0.6) is 0 Å². The lowest BCUT2D eigenvalue weighted by atomic mass is 9.61. The van der Waals surface area contributed by atoms with Gasteiger partial charge in [0.1, 0.15) is 5.92 Å². The number of rotatable bonds is 4. The van der Waals surface area contributed by atoms with Crippen molar-refractivity contribution in [2.75, 3.05) is 14.2 Å². The summed E-state index contributed by atoms with van der Waals surface area (Å²) in [5, 5.41) is 12.4. The minimum Gasteiger partial charge on any atom is -0.469 e. The fraction of sp³-hybridized carbons (Fsp3) is 0.952. The van der Waals surface area contributed by atoms with E-state index in [1.807, 2.05) is 26.0 Å². The number of hydroxylamine groups is 2. The van der Waals surface area contributed by atoms with Gasteiger partial charge in [-0.15, -0.1) is 0 Å². The number of hydrogen-bond acceptors (Lipinski definition) is 5. The maximum absolute atomic E-state index is 12.5. The van der Waals surface area contributed by atoms with Gasteiger partial charge in [-0.2, -0.15) is 5.06 Å². The topological polar surface area (TPSA) is 59.0 Å². The van der Waals surface area contributed by atoms with Gasteiger partial charge in [-0.3, -0.25) is 9.63 Å². The van der Waals surface area contributed by atoms with Crippen LogP contribution in [0.15, 0.2) is 0 Å². The Kier molecular flexibility index (Phi) is 5.46. The highest BCUT2D eigenvalue weighted by atomic mass is 16.7. The molecule has 1 unspecified atom stereocenters. The fourth-order valence-electron chi connectivity index (χ4n) is 6.69. The molecule has 7 atom stereocenters. The van der Waals surface area contributed by atoms with Crippen molar-refractivity contribution in [3.05, 3.63) is 0 Å². The zero-order valence-electron chi connectivity index (χ0n) is 17.3. The number of carbonyl (C=O) groups is 1. The van der Waals surface area contributed by atoms with Gasteiger partial charge in [0, 0.05) is 7.05 Å². The lowest BCUT2D eigenvalue weighted by molar-refractivity contribution is -0.183. The van der Waals surface area contributed by atoms with E-state index in [0.29, 0.717) is 17.8 Å². The third-order valence-corrected chi connectivity index (χ3v) is 7.90. The third-order valence-electron chi connectivity index (χ3n) is 7.90. The summed E-state index contributed by atoms with van der Waals surface area (Å²) in [4.78, 5) is 18.5. The smallest absolute Gasteiger partial charge is 0.313 e. The SMILES string of the molecule is COC(=O)[C@H]1[C@H](C[C@H](C)[C@@H]2CCC3[C@H](O)CCC[C@]32C)N(C)OC1(C)C. The zero-order valence-corrected chi connectivity index (χ0v) is 17.3. The number of methoxy groups -OCH3 is 1. The van der Waals surface area contributed by atoms with Crippen LogP contribution < -0.4 is 0 Å².